The Labute approximate surface area is 87.4 Å². The van der Waals surface area contributed by atoms with Crippen molar-refractivity contribution in [3.63, 3.8) is 0 Å². The number of ether oxygens (including phenoxy) is 1. The molecule has 2 rings (SSSR count). The molecule has 1 N–H and O–H groups in total. The van der Waals surface area contributed by atoms with E-state index >= 15 is 0 Å². The molecular weight excluding hydrogens is 174 g/mol. The van der Waals surface area contributed by atoms with Crippen molar-refractivity contribution in [3.05, 3.63) is 0 Å². The van der Waals surface area contributed by atoms with Gasteiger partial charge in [-0.1, -0.05) is 6.92 Å². The fourth-order valence-electron chi connectivity index (χ4n) is 2.70. The summed E-state index contributed by atoms with van der Waals surface area (Å²) in [5.41, 5.74) is 0. The van der Waals surface area contributed by atoms with Crippen molar-refractivity contribution in [2.75, 3.05) is 19.8 Å². The van der Waals surface area contributed by atoms with Gasteiger partial charge in [-0.05, 0) is 50.5 Å². The highest BCUT2D eigenvalue weighted by Gasteiger charge is 2.24. The highest BCUT2D eigenvalue weighted by molar-refractivity contribution is 4.77. The van der Waals surface area contributed by atoms with Gasteiger partial charge in [0.2, 0.25) is 0 Å². The van der Waals surface area contributed by atoms with Crippen molar-refractivity contribution in [1.82, 2.24) is 5.32 Å². The molecule has 1 aliphatic heterocycles. The van der Waals surface area contributed by atoms with Gasteiger partial charge in [0, 0.05) is 12.6 Å². The van der Waals surface area contributed by atoms with Crippen LogP contribution in [0.4, 0.5) is 0 Å². The number of hydrogen-bond acceptors (Lipinski definition) is 2. The fraction of sp³-hybridized carbons (Fsp3) is 1.00. The summed E-state index contributed by atoms with van der Waals surface area (Å²) in [4.78, 5) is 0. The molecule has 0 unspecified atom stereocenters. The zero-order chi connectivity index (χ0) is 9.80. The van der Waals surface area contributed by atoms with Gasteiger partial charge in [0.25, 0.3) is 0 Å². The van der Waals surface area contributed by atoms with E-state index in [1.807, 2.05) is 0 Å². The van der Waals surface area contributed by atoms with Gasteiger partial charge in [-0.15, -0.1) is 0 Å². The lowest BCUT2D eigenvalue weighted by atomic mass is 9.74. The van der Waals surface area contributed by atoms with E-state index in [1.54, 1.807) is 0 Å². The lowest BCUT2D eigenvalue weighted by Gasteiger charge is -2.32. The van der Waals surface area contributed by atoms with Gasteiger partial charge in [0.05, 0.1) is 6.61 Å². The minimum absolute atomic E-state index is 0.648. The molecule has 0 amide bonds. The fourth-order valence-corrected chi connectivity index (χ4v) is 2.70. The molecule has 2 nitrogen and oxygen atoms in total. The average molecular weight is 197 g/mol. The molecule has 1 saturated heterocycles. The second kappa shape index (κ2) is 5.13. The van der Waals surface area contributed by atoms with Gasteiger partial charge < -0.3 is 10.1 Å². The summed E-state index contributed by atoms with van der Waals surface area (Å²) in [6, 6.07) is 0.648. The Morgan fingerprint density at radius 1 is 1.36 bits per heavy atom. The van der Waals surface area contributed by atoms with E-state index in [1.165, 1.54) is 38.6 Å². The van der Waals surface area contributed by atoms with E-state index in [4.69, 9.17) is 4.74 Å². The normalized spacial score (nSPS) is 37.1. The Morgan fingerprint density at radius 3 is 2.86 bits per heavy atom. The maximum Gasteiger partial charge on any atom is 0.0620 e. The third-order valence-corrected chi connectivity index (χ3v) is 3.62. The van der Waals surface area contributed by atoms with Crippen molar-refractivity contribution in [2.45, 2.75) is 45.1 Å². The van der Waals surface area contributed by atoms with Crippen molar-refractivity contribution in [3.8, 4) is 0 Å². The zero-order valence-electron chi connectivity index (χ0n) is 9.30. The summed E-state index contributed by atoms with van der Waals surface area (Å²) < 4.78 is 5.32. The molecule has 82 valence electrons. The molecule has 2 fully saturated rings. The third kappa shape index (κ3) is 2.96. The summed E-state index contributed by atoms with van der Waals surface area (Å²) in [6.07, 6.45) is 6.96. The number of nitrogens with one attached hydrogen (secondary N) is 1. The Hall–Kier alpha value is -0.0800. The highest BCUT2D eigenvalue weighted by Crippen LogP contribution is 2.35. The number of hydrogen-bond donors (Lipinski definition) is 1. The van der Waals surface area contributed by atoms with Crippen molar-refractivity contribution in [1.29, 1.82) is 0 Å². The zero-order valence-corrected chi connectivity index (χ0v) is 9.30. The first-order chi connectivity index (χ1) is 6.84. The maximum absolute atomic E-state index is 5.32. The van der Waals surface area contributed by atoms with Crippen LogP contribution in [0.5, 0.6) is 0 Å². The van der Waals surface area contributed by atoms with E-state index in [2.05, 4.69) is 12.2 Å². The Kier molecular flexibility index (Phi) is 3.82. The van der Waals surface area contributed by atoms with Crippen molar-refractivity contribution in [2.24, 2.45) is 11.8 Å². The summed E-state index contributed by atoms with van der Waals surface area (Å²) in [5.74, 6) is 2.06. The molecule has 14 heavy (non-hydrogen) atoms. The van der Waals surface area contributed by atoms with Gasteiger partial charge in [-0.3, -0.25) is 0 Å². The van der Waals surface area contributed by atoms with Crippen LogP contribution in [0.25, 0.3) is 0 Å². The van der Waals surface area contributed by atoms with Gasteiger partial charge >= 0.3 is 0 Å². The maximum atomic E-state index is 5.32. The standard InChI is InChI=1S/C12H23NO/c1-10-7-11(8-10)3-2-5-13-12-4-6-14-9-12/h10-13H,2-9H2,1H3/t10?,11?,12-/m0/s1. The van der Waals surface area contributed by atoms with Crippen LogP contribution < -0.4 is 5.32 Å². The Morgan fingerprint density at radius 2 is 2.21 bits per heavy atom. The van der Waals surface area contributed by atoms with Crippen LogP contribution in [0.3, 0.4) is 0 Å². The SMILES string of the molecule is CC1CC(CCCN[C@H]2CCOC2)C1. The van der Waals surface area contributed by atoms with Crippen molar-refractivity contribution < 1.29 is 4.74 Å². The van der Waals surface area contributed by atoms with E-state index < -0.39 is 0 Å². The van der Waals surface area contributed by atoms with Crippen LogP contribution >= 0.6 is 0 Å². The molecule has 1 heterocycles. The minimum atomic E-state index is 0.648. The van der Waals surface area contributed by atoms with Gasteiger partial charge in [-0.2, -0.15) is 0 Å². The molecule has 0 spiro atoms. The van der Waals surface area contributed by atoms with Gasteiger partial charge in [-0.25, -0.2) is 0 Å². The van der Waals surface area contributed by atoms with Crippen LogP contribution in [0.1, 0.15) is 39.0 Å². The molecule has 0 bridgehead atoms. The summed E-state index contributed by atoms with van der Waals surface area (Å²) in [7, 11) is 0. The van der Waals surface area contributed by atoms with Crippen molar-refractivity contribution >= 4 is 0 Å². The first-order valence-electron chi connectivity index (χ1n) is 6.15. The van der Waals surface area contributed by atoms with E-state index in [9.17, 15) is 0 Å². The van der Waals surface area contributed by atoms with Crippen LogP contribution in [-0.4, -0.2) is 25.8 Å². The molecule has 1 saturated carbocycles. The predicted octanol–water partition coefficient (Wildman–Crippen LogP) is 2.19. The largest absolute Gasteiger partial charge is 0.380 e. The van der Waals surface area contributed by atoms with Gasteiger partial charge in [0.1, 0.15) is 0 Å². The lowest BCUT2D eigenvalue weighted by molar-refractivity contribution is 0.186. The molecule has 2 heteroatoms. The van der Waals surface area contributed by atoms with Crippen LogP contribution in [0.2, 0.25) is 0 Å². The van der Waals surface area contributed by atoms with E-state index in [0.717, 1.165) is 25.0 Å². The lowest BCUT2D eigenvalue weighted by Crippen LogP contribution is -2.30. The predicted molar refractivity (Wildman–Crippen MR) is 58.3 cm³/mol. The molecule has 0 aromatic rings. The monoisotopic (exact) mass is 197 g/mol. The molecule has 1 aliphatic carbocycles. The Balaban J connectivity index is 1.43. The van der Waals surface area contributed by atoms with Crippen LogP contribution in [0, 0.1) is 11.8 Å². The summed E-state index contributed by atoms with van der Waals surface area (Å²) >= 11 is 0. The molecule has 2 aliphatic rings. The minimum Gasteiger partial charge on any atom is -0.380 e. The smallest absolute Gasteiger partial charge is 0.0620 e. The highest BCUT2D eigenvalue weighted by atomic mass is 16.5. The topological polar surface area (TPSA) is 21.3 Å². The second-order valence-corrected chi connectivity index (χ2v) is 5.10. The first-order valence-corrected chi connectivity index (χ1v) is 6.15. The third-order valence-electron chi connectivity index (χ3n) is 3.62. The molecule has 0 aromatic carbocycles. The molecule has 0 aromatic heterocycles. The quantitative estimate of drug-likeness (QED) is 0.682. The summed E-state index contributed by atoms with van der Waals surface area (Å²) in [6.45, 7) is 5.45. The summed E-state index contributed by atoms with van der Waals surface area (Å²) in [5, 5.41) is 3.57. The van der Waals surface area contributed by atoms with Gasteiger partial charge in [0.15, 0.2) is 0 Å². The first kappa shape index (κ1) is 10.4. The molecular formula is C12H23NO. The second-order valence-electron chi connectivity index (χ2n) is 5.10. The van der Waals surface area contributed by atoms with E-state index in [-0.39, 0.29) is 0 Å². The van der Waals surface area contributed by atoms with E-state index in [0.29, 0.717) is 6.04 Å². The number of rotatable bonds is 5. The Bertz CT molecular complexity index is 160. The molecule has 1 atom stereocenters. The molecule has 0 radical (unpaired) electrons. The van der Waals surface area contributed by atoms with Crippen LogP contribution in [-0.2, 0) is 4.74 Å². The average Bonchev–Trinajstić information content (AvgIpc) is 2.61. The van der Waals surface area contributed by atoms with Crippen LogP contribution in [0.15, 0.2) is 0 Å².